The largest absolute Gasteiger partial charge is 0.326 e. The van der Waals surface area contributed by atoms with Crippen molar-refractivity contribution in [3.8, 4) is 0 Å². The maximum Gasteiger partial charge on any atom is 0.224 e. The Bertz CT molecular complexity index is 811. The van der Waals surface area contributed by atoms with Crippen LogP contribution in [0.1, 0.15) is 75.6 Å². The zero-order valence-electron chi connectivity index (χ0n) is 16.6. The maximum absolute atomic E-state index is 12.4. The van der Waals surface area contributed by atoms with Gasteiger partial charge < -0.3 is 9.88 Å². The van der Waals surface area contributed by atoms with Crippen LogP contribution in [-0.2, 0) is 11.2 Å². The fourth-order valence-electron chi connectivity index (χ4n) is 3.57. The molecular formula is C21H29ClN4O. The quantitative estimate of drug-likeness (QED) is 0.667. The molecule has 1 fully saturated rings. The Balaban J connectivity index is 1.66. The minimum Gasteiger partial charge on any atom is -0.326 e. The third-order valence-corrected chi connectivity index (χ3v) is 5.50. The topological polar surface area (TPSA) is 59.8 Å². The molecule has 0 spiro atoms. The second kappa shape index (κ2) is 8.42. The first kappa shape index (κ1) is 19.9. The Kier molecular flexibility index (Phi) is 6.20. The molecule has 0 aliphatic heterocycles. The van der Waals surface area contributed by atoms with Gasteiger partial charge in [-0.15, -0.1) is 10.2 Å². The van der Waals surface area contributed by atoms with Gasteiger partial charge in [0.25, 0.3) is 0 Å². The molecule has 146 valence electrons. The molecule has 6 heteroatoms. The number of rotatable bonds is 8. The molecule has 0 radical (unpaired) electrons. The van der Waals surface area contributed by atoms with Crippen molar-refractivity contribution in [2.45, 2.75) is 71.8 Å². The summed E-state index contributed by atoms with van der Waals surface area (Å²) in [6.45, 7) is 8.60. The molecule has 2 aromatic rings. The molecule has 1 unspecified atom stereocenters. The molecule has 0 bridgehead atoms. The second-order valence-corrected chi connectivity index (χ2v) is 8.47. The summed E-state index contributed by atoms with van der Waals surface area (Å²) in [7, 11) is 0. The highest BCUT2D eigenvalue weighted by atomic mass is 35.5. The van der Waals surface area contributed by atoms with Crippen molar-refractivity contribution in [3.05, 3.63) is 40.4 Å². The molecule has 1 aromatic heterocycles. The van der Waals surface area contributed by atoms with E-state index in [0.717, 1.165) is 29.3 Å². The number of hydrogen-bond acceptors (Lipinski definition) is 3. The highest BCUT2D eigenvalue weighted by Crippen LogP contribution is 2.39. The Morgan fingerprint density at radius 2 is 2.04 bits per heavy atom. The predicted octanol–water partition coefficient (Wildman–Crippen LogP) is 5.30. The molecule has 1 N–H and O–H groups in total. The summed E-state index contributed by atoms with van der Waals surface area (Å²) in [5, 5.41) is 12.5. The lowest BCUT2D eigenvalue weighted by Gasteiger charge is -2.16. The number of nitrogens with one attached hydrogen (secondary N) is 1. The molecule has 1 amide bonds. The Labute approximate surface area is 166 Å². The monoisotopic (exact) mass is 388 g/mol. The summed E-state index contributed by atoms with van der Waals surface area (Å²) in [4.78, 5) is 12.4. The van der Waals surface area contributed by atoms with E-state index in [-0.39, 0.29) is 5.91 Å². The van der Waals surface area contributed by atoms with Crippen LogP contribution in [0.2, 0.25) is 5.02 Å². The fraction of sp³-hybridized carbons (Fsp3) is 0.571. The highest BCUT2D eigenvalue weighted by Gasteiger charge is 2.31. The fourth-order valence-corrected chi connectivity index (χ4v) is 3.74. The number of benzene rings is 1. The summed E-state index contributed by atoms with van der Waals surface area (Å²) < 4.78 is 2.30. The van der Waals surface area contributed by atoms with Gasteiger partial charge in [0.2, 0.25) is 5.91 Å². The molecule has 1 atom stereocenters. The van der Waals surface area contributed by atoms with Gasteiger partial charge in [-0.25, -0.2) is 0 Å². The van der Waals surface area contributed by atoms with Gasteiger partial charge in [0.1, 0.15) is 11.6 Å². The van der Waals surface area contributed by atoms with E-state index in [0.29, 0.717) is 35.7 Å². The molecule has 27 heavy (non-hydrogen) atoms. The first-order valence-electron chi connectivity index (χ1n) is 9.85. The Morgan fingerprint density at radius 3 is 2.70 bits per heavy atom. The SMILES string of the molecule is Cc1c(Cl)cccc1NC(=O)CCc1nnc(C(C)CC(C)C)n1C1CC1. The van der Waals surface area contributed by atoms with E-state index in [1.807, 2.05) is 25.1 Å². The van der Waals surface area contributed by atoms with Crippen LogP contribution in [0.3, 0.4) is 0 Å². The maximum atomic E-state index is 12.4. The molecule has 1 aromatic carbocycles. The van der Waals surface area contributed by atoms with Crippen molar-refractivity contribution >= 4 is 23.2 Å². The smallest absolute Gasteiger partial charge is 0.224 e. The zero-order chi connectivity index (χ0) is 19.6. The lowest BCUT2D eigenvalue weighted by atomic mass is 9.98. The summed E-state index contributed by atoms with van der Waals surface area (Å²) in [6, 6.07) is 6.05. The van der Waals surface area contributed by atoms with Crippen LogP contribution in [0, 0.1) is 12.8 Å². The van der Waals surface area contributed by atoms with E-state index in [2.05, 4.69) is 40.9 Å². The second-order valence-electron chi connectivity index (χ2n) is 8.07. The molecule has 1 saturated carbocycles. The zero-order valence-corrected chi connectivity index (χ0v) is 17.4. The normalized spacial score (nSPS) is 15.2. The number of aryl methyl sites for hydroxylation is 1. The van der Waals surface area contributed by atoms with E-state index in [1.54, 1.807) is 0 Å². The molecule has 1 aliphatic rings. The van der Waals surface area contributed by atoms with Crippen molar-refractivity contribution in [2.75, 3.05) is 5.32 Å². The van der Waals surface area contributed by atoms with E-state index >= 15 is 0 Å². The van der Waals surface area contributed by atoms with E-state index < -0.39 is 0 Å². The van der Waals surface area contributed by atoms with Crippen molar-refractivity contribution in [1.82, 2.24) is 14.8 Å². The van der Waals surface area contributed by atoms with Crippen LogP contribution in [-0.4, -0.2) is 20.7 Å². The van der Waals surface area contributed by atoms with Crippen molar-refractivity contribution in [2.24, 2.45) is 5.92 Å². The number of amides is 1. The van der Waals surface area contributed by atoms with Crippen molar-refractivity contribution in [1.29, 1.82) is 0 Å². The molecule has 5 nitrogen and oxygen atoms in total. The number of hydrogen-bond donors (Lipinski definition) is 1. The minimum atomic E-state index is -0.0255. The molecule has 1 aliphatic carbocycles. The van der Waals surface area contributed by atoms with Crippen LogP contribution < -0.4 is 5.32 Å². The average Bonchev–Trinajstić information content (AvgIpc) is 3.35. The number of nitrogens with zero attached hydrogens (tertiary/aromatic N) is 3. The average molecular weight is 389 g/mol. The number of carbonyl (C=O) groups excluding carboxylic acids is 1. The van der Waals surface area contributed by atoms with Gasteiger partial charge in [0.05, 0.1) is 0 Å². The standard InChI is InChI=1S/C21H29ClN4O/c1-13(2)12-14(3)21-25-24-19(26(21)16-8-9-16)10-11-20(27)23-18-7-5-6-17(22)15(18)4/h5-7,13-14,16H,8-12H2,1-4H3,(H,23,27). The van der Waals surface area contributed by atoms with Crippen LogP contribution in [0.15, 0.2) is 18.2 Å². The van der Waals surface area contributed by atoms with Crippen LogP contribution in [0.25, 0.3) is 0 Å². The number of anilines is 1. The lowest BCUT2D eigenvalue weighted by Crippen LogP contribution is -2.15. The first-order chi connectivity index (χ1) is 12.9. The molecule has 3 rings (SSSR count). The van der Waals surface area contributed by atoms with Gasteiger partial charge >= 0.3 is 0 Å². The molecule has 0 saturated heterocycles. The van der Waals surface area contributed by atoms with E-state index in [9.17, 15) is 4.79 Å². The van der Waals surface area contributed by atoms with Crippen LogP contribution in [0.4, 0.5) is 5.69 Å². The summed E-state index contributed by atoms with van der Waals surface area (Å²) in [5.41, 5.74) is 1.65. The van der Waals surface area contributed by atoms with Gasteiger partial charge in [0, 0.05) is 35.5 Å². The van der Waals surface area contributed by atoms with Gasteiger partial charge in [-0.05, 0) is 49.8 Å². The van der Waals surface area contributed by atoms with Gasteiger partial charge in [-0.1, -0.05) is 38.4 Å². The minimum absolute atomic E-state index is 0.0255. The Hall–Kier alpha value is -1.88. The summed E-state index contributed by atoms with van der Waals surface area (Å²) in [6.07, 6.45) is 4.44. The molecular weight excluding hydrogens is 360 g/mol. The van der Waals surface area contributed by atoms with Gasteiger partial charge in [0.15, 0.2) is 0 Å². The Morgan fingerprint density at radius 1 is 1.30 bits per heavy atom. The summed E-state index contributed by atoms with van der Waals surface area (Å²) in [5.74, 6) is 2.99. The predicted molar refractivity (Wildman–Crippen MR) is 109 cm³/mol. The third-order valence-electron chi connectivity index (χ3n) is 5.09. The van der Waals surface area contributed by atoms with Crippen molar-refractivity contribution < 1.29 is 4.79 Å². The van der Waals surface area contributed by atoms with E-state index in [1.165, 1.54) is 12.8 Å². The highest BCUT2D eigenvalue weighted by molar-refractivity contribution is 6.31. The van der Waals surface area contributed by atoms with Gasteiger partial charge in [-0.3, -0.25) is 4.79 Å². The third kappa shape index (κ3) is 4.89. The van der Waals surface area contributed by atoms with Gasteiger partial charge in [-0.2, -0.15) is 0 Å². The summed E-state index contributed by atoms with van der Waals surface area (Å²) >= 11 is 6.13. The number of carbonyl (C=O) groups is 1. The molecule has 1 heterocycles. The van der Waals surface area contributed by atoms with E-state index in [4.69, 9.17) is 11.6 Å². The number of halogens is 1. The van der Waals surface area contributed by atoms with Crippen LogP contribution >= 0.6 is 11.6 Å². The van der Waals surface area contributed by atoms with Crippen molar-refractivity contribution in [3.63, 3.8) is 0 Å². The lowest BCUT2D eigenvalue weighted by molar-refractivity contribution is -0.116. The number of aromatic nitrogens is 3. The first-order valence-corrected chi connectivity index (χ1v) is 10.2. The van der Waals surface area contributed by atoms with Crippen LogP contribution in [0.5, 0.6) is 0 Å².